The summed E-state index contributed by atoms with van der Waals surface area (Å²) in [6.45, 7) is 2.97. The lowest BCUT2D eigenvalue weighted by molar-refractivity contribution is 0.0792. The van der Waals surface area contributed by atoms with Crippen molar-refractivity contribution >= 4 is 35.1 Å². The molecule has 11 heteroatoms. The molecule has 1 saturated heterocycles. The normalized spacial score (nSPS) is 14.8. The number of nitrogens with zero attached hydrogens (tertiary/aromatic N) is 3. The number of para-hydroxylation sites is 1. The van der Waals surface area contributed by atoms with E-state index in [9.17, 15) is 14.7 Å². The Kier molecular flexibility index (Phi) is 7.10. The minimum atomic E-state index is -0.963. The van der Waals surface area contributed by atoms with Gasteiger partial charge in [-0.3, -0.25) is 20.0 Å². The number of carbonyl (C=O) groups excluding carboxylic acids is 1. The van der Waals surface area contributed by atoms with E-state index in [0.29, 0.717) is 60.9 Å². The van der Waals surface area contributed by atoms with Crippen molar-refractivity contribution in [2.45, 2.75) is 38.3 Å². The van der Waals surface area contributed by atoms with Gasteiger partial charge in [-0.15, -0.1) is 0 Å². The Morgan fingerprint density at radius 2 is 1.84 bits per heavy atom. The second-order valence-corrected chi connectivity index (χ2v) is 9.93. The van der Waals surface area contributed by atoms with Crippen LogP contribution in [0, 0.1) is 11.7 Å². The molecular formula is C27H28N6O4S. The van der Waals surface area contributed by atoms with Gasteiger partial charge < -0.3 is 20.1 Å². The van der Waals surface area contributed by atoms with Crippen molar-refractivity contribution in [2.24, 2.45) is 0 Å². The molecule has 0 bridgehead atoms. The van der Waals surface area contributed by atoms with E-state index in [2.05, 4.69) is 25.5 Å². The Morgan fingerprint density at radius 3 is 2.53 bits per heavy atom. The fraction of sp³-hybridized carbons (Fsp3) is 0.296. The fourth-order valence-corrected chi connectivity index (χ4v) is 5.03. The van der Waals surface area contributed by atoms with E-state index >= 15 is 0 Å². The molecule has 0 aliphatic carbocycles. The summed E-state index contributed by atoms with van der Waals surface area (Å²) in [5.41, 5.74) is 2.72. The smallest absolute Gasteiger partial charge is 0.407 e. The number of rotatable bonds is 7. The molecule has 0 atom stereocenters. The van der Waals surface area contributed by atoms with Crippen LogP contribution in [-0.2, 0) is 13.0 Å². The summed E-state index contributed by atoms with van der Waals surface area (Å²) in [7, 11) is 0. The average molecular weight is 533 g/mol. The number of likely N-dealkylation sites (tertiary alicyclic amines) is 1. The molecule has 2 aromatic carbocycles. The number of aryl methyl sites for hydroxylation is 1. The summed E-state index contributed by atoms with van der Waals surface area (Å²) in [5, 5.41) is 19.3. The summed E-state index contributed by atoms with van der Waals surface area (Å²) in [4.78, 5) is 34.9. The summed E-state index contributed by atoms with van der Waals surface area (Å²) >= 11 is 5.06. The van der Waals surface area contributed by atoms with Gasteiger partial charge in [-0.25, -0.2) is 9.78 Å². The third kappa shape index (κ3) is 5.67. The van der Waals surface area contributed by atoms with Crippen LogP contribution in [0.5, 0.6) is 5.75 Å². The summed E-state index contributed by atoms with van der Waals surface area (Å²) in [6.07, 6.45) is 0.354. The molecule has 1 aliphatic rings. The van der Waals surface area contributed by atoms with E-state index in [1.807, 2.05) is 37.3 Å². The highest BCUT2D eigenvalue weighted by Crippen LogP contribution is 2.27. The maximum Gasteiger partial charge on any atom is 0.407 e. The number of H-pyrrole nitrogens is 2. The van der Waals surface area contributed by atoms with E-state index in [0.717, 1.165) is 22.2 Å². The third-order valence-electron chi connectivity index (χ3n) is 6.87. The van der Waals surface area contributed by atoms with Crippen LogP contribution in [0.3, 0.4) is 0 Å². The quantitative estimate of drug-likeness (QED) is 0.259. The molecule has 10 nitrogen and oxygen atoms in total. The molecule has 2 amide bonds. The molecule has 5 rings (SSSR count). The number of aromatic amines is 2. The van der Waals surface area contributed by atoms with Crippen LogP contribution in [-0.4, -0.2) is 60.8 Å². The monoisotopic (exact) mass is 532 g/mol. The highest BCUT2D eigenvalue weighted by atomic mass is 32.1. The molecule has 0 saturated carbocycles. The number of carbonyl (C=O) groups is 2. The Balaban J connectivity index is 1.27. The van der Waals surface area contributed by atoms with Gasteiger partial charge in [0.1, 0.15) is 18.2 Å². The fourth-order valence-electron chi connectivity index (χ4n) is 4.87. The number of hydrogen-bond donors (Lipinski definition) is 4. The predicted molar refractivity (Wildman–Crippen MR) is 144 cm³/mol. The van der Waals surface area contributed by atoms with Crippen LogP contribution in [0.25, 0.3) is 10.9 Å². The SMILES string of the molecule is Cc1cc(COc2ccc(C(=O)NC3(Cc4nc(=S)[nH][nH]4)CCN(C(=O)O)CC3)cc2)c2ccccc2n1. The summed E-state index contributed by atoms with van der Waals surface area (Å²) < 4.78 is 6.36. The molecule has 196 valence electrons. The molecular weight excluding hydrogens is 504 g/mol. The lowest BCUT2D eigenvalue weighted by atomic mass is 9.83. The van der Waals surface area contributed by atoms with Crippen molar-refractivity contribution in [3.05, 3.63) is 82.0 Å². The highest BCUT2D eigenvalue weighted by Gasteiger charge is 2.38. The van der Waals surface area contributed by atoms with Crippen LogP contribution in [0.4, 0.5) is 4.79 Å². The Hall–Kier alpha value is -4.25. The summed E-state index contributed by atoms with van der Waals surface area (Å²) in [6, 6.07) is 17.0. The van der Waals surface area contributed by atoms with Crippen molar-refractivity contribution in [1.82, 2.24) is 30.4 Å². The first kappa shape index (κ1) is 25.4. The first-order valence-corrected chi connectivity index (χ1v) is 12.7. The van der Waals surface area contributed by atoms with Crippen LogP contribution in [0.2, 0.25) is 0 Å². The van der Waals surface area contributed by atoms with Gasteiger partial charge in [0.15, 0.2) is 0 Å². The molecule has 1 aliphatic heterocycles. The molecule has 4 aromatic rings. The number of amides is 2. The number of ether oxygens (including phenoxy) is 1. The molecule has 0 radical (unpaired) electrons. The molecule has 38 heavy (non-hydrogen) atoms. The van der Waals surface area contributed by atoms with E-state index in [4.69, 9.17) is 17.0 Å². The predicted octanol–water partition coefficient (Wildman–Crippen LogP) is 4.39. The van der Waals surface area contributed by atoms with E-state index in [1.54, 1.807) is 24.3 Å². The van der Waals surface area contributed by atoms with E-state index < -0.39 is 11.6 Å². The largest absolute Gasteiger partial charge is 0.489 e. The minimum Gasteiger partial charge on any atom is -0.489 e. The second-order valence-electron chi connectivity index (χ2n) is 9.55. The highest BCUT2D eigenvalue weighted by molar-refractivity contribution is 7.71. The van der Waals surface area contributed by atoms with Gasteiger partial charge in [0, 0.05) is 41.7 Å². The van der Waals surface area contributed by atoms with Gasteiger partial charge in [-0.05, 0) is 68.4 Å². The van der Waals surface area contributed by atoms with Crippen molar-refractivity contribution in [3.63, 3.8) is 0 Å². The van der Waals surface area contributed by atoms with Gasteiger partial charge in [0.2, 0.25) is 4.77 Å². The standard InChI is InChI=1S/C27H28N6O4S/c1-17-14-19(21-4-2-3-5-22(21)28-17)16-37-20-8-6-18(7-9-20)24(34)30-27(15-23-29-25(38)32-31-23)10-12-33(13-11-27)26(35)36/h2-9,14H,10-13,15-16H2,1H3,(H,30,34)(H,35,36)(H2,29,31,32,38). The molecule has 0 unspecified atom stereocenters. The Morgan fingerprint density at radius 1 is 1.11 bits per heavy atom. The Bertz CT molecular complexity index is 1520. The molecule has 3 heterocycles. The van der Waals surface area contributed by atoms with Gasteiger partial charge in [-0.2, -0.15) is 0 Å². The maximum atomic E-state index is 13.3. The van der Waals surface area contributed by atoms with Crippen LogP contribution in [0.15, 0.2) is 54.6 Å². The summed E-state index contributed by atoms with van der Waals surface area (Å²) in [5.74, 6) is 1.01. The maximum absolute atomic E-state index is 13.3. The number of carboxylic acid groups (broad SMARTS) is 1. The second kappa shape index (κ2) is 10.6. The number of hydrogen-bond acceptors (Lipinski definition) is 6. The number of nitrogens with one attached hydrogen (secondary N) is 3. The van der Waals surface area contributed by atoms with Crippen LogP contribution < -0.4 is 10.1 Å². The zero-order valence-electron chi connectivity index (χ0n) is 20.9. The van der Waals surface area contributed by atoms with Gasteiger partial charge in [0.05, 0.1) is 11.1 Å². The number of benzene rings is 2. The van der Waals surface area contributed by atoms with Gasteiger partial charge in [0.25, 0.3) is 5.91 Å². The van der Waals surface area contributed by atoms with Gasteiger partial charge in [-0.1, -0.05) is 18.2 Å². The topological polar surface area (TPSA) is 136 Å². The lowest BCUT2D eigenvalue weighted by Gasteiger charge is -2.41. The first-order valence-electron chi connectivity index (χ1n) is 12.3. The minimum absolute atomic E-state index is 0.245. The first-order chi connectivity index (χ1) is 18.3. The number of piperidine rings is 1. The molecule has 0 spiro atoms. The van der Waals surface area contributed by atoms with Crippen molar-refractivity contribution in [3.8, 4) is 5.75 Å². The zero-order valence-corrected chi connectivity index (χ0v) is 21.7. The molecule has 4 N–H and O–H groups in total. The van der Waals surface area contributed by atoms with Crippen LogP contribution in [0.1, 0.15) is 40.3 Å². The number of aromatic nitrogens is 4. The van der Waals surface area contributed by atoms with Crippen molar-refractivity contribution in [1.29, 1.82) is 0 Å². The Labute approximate surface area is 224 Å². The molecule has 1 fully saturated rings. The number of pyridine rings is 1. The van der Waals surface area contributed by atoms with Crippen LogP contribution >= 0.6 is 12.2 Å². The van der Waals surface area contributed by atoms with E-state index in [-0.39, 0.29) is 5.91 Å². The van der Waals surface area contributed by atoms with Crippen molar-refractivity contribution < 1.29 is 19.4 Å². The van der Waals surface area contributed by atoms with Gasteiger partial charge >= 0.3 is 6.09 Å². The third-order valence-corrected chi connectivity index (χ3v) is 7.06. The lowest BCUT2D eigenvalue weighted by Crippen LogP contribution is -2.57. The average Bonchev–Trinajstić information content (AvgIpc) is 3.31. The number of fused-ring (bicyclic) bond motifs is 1. The zero-order chi connectivity index (χ0) is 26.7. The van der Waals surface area contributed by atoms with Crippen molar-refractivity contribution in [2.75, 3.05) is 13.1 Å². The van der Waals surface area contributed by atoms with E-state index in [1.165, 1.54) is 4.90 Å². The molecule has 2 aromatic heterocycles.